The van der Waals surface area contributed by atoms with Crippen LogP contribution in [0.4, 0.5) is 5.95 Å². The zero-order valence-electron chi connectivity index (χ0n) is 14.6. The third-order valence-corrected chi connectivity index (χ3v) is 5.47. The lowest BCUT2D eigenvalue weighted by molar-refractivity contribution is 0.733. The number of fused-ring (bicyclic) bond motifs is 1. The van der Waals surface area contributed by atoms with Crippen LogP contribution < -0.4 is 4.90 Å². The third-order valence-electron chi connectivity index (χ3n) is 4.67. The Labute approximate surface area is 154 Å². The molecule has 25 heavy (non-hydrogen) atoms. The van der Waals surface area contributed by atoms with E-state index in [0.717, 1.165) is 34.7 Å². The Bertz CT molecular complexity index is 963. The maximum Gasteiger partial charge on any atom is 0.224 e. The van der Waals surface area contributed by atoms with Crippen LogP contribution in [0.15, 0.2) is 10.7 Å². The van der Waals surface area contributed by atoms with E-state index in [1.807, 2.05) is 30.1 Å². The van der Waals surface area contributed by atoms with E-state index >= 15 is 0 Å². The van der Waals surface area contributed by atoms with E-state index in [1.165, 1.54) is 18.4 Å². The summed E-state index contributed by atoms with van der Waals surface area (Å²) in [5.74, 6) is 2.25. The van der Waals surface area contributed by atoms with Crippen LogP contribution in [0.5, 0.6) is 0 Å². The first kappa shape index (κ1) is 16.3. The molecule has 0 aromatic carbocycles. The summed E-state index contributed by atoms with van der Waals surface area (Å²) in [5, 5.41) is 8.99. The Morgan fingerprint density at radius 3 is 2.40 bits per heavy atom. The zero-order chi connectivity index (χ0) is 17.6. The van der Waals surface area contributed by atoms with Crippen molar-refractivity contribution in [3.8, 4) is 0 Å². The first-order valence-corrected chi connectivity index (χ1v) is 9.18. The Hall–Kier alpha value is -2.22. The van der Waals surface area contributed by atoms with Crippen molar-refractivity contribution >= 4 is 39.7 Å². The van der Waals surface area contributed by atoms with Crippen molar-refractivity contribution in [3.05, 3.63) is 33.4 Å². The number of halogens is 1. The summed E-state index contributed by atoms with van der Waals surface area (Å²) in [5.41, 5.74) is 3.16. The van der Waals surface area contributed by atoms with E-state index in [-0.39, 0.29) is 0 Å². The maximum absolute atomic E-state index is 4.63. The van der Waals surface area contributed by atoms with Gasteiger partial charge in [0.2, 0.25) is 5.95 Å². The third kappa shape index (κ3) is 2.95. The fraction of sp³-hybridized carbons (Fsp3) is 0.412. The second kappa shape index (κ2) is 6.25. The minimum absolute atomic E-state index is 0.649. The van der Waals surface area contributed by atoms with Crippen molar-refractivity contribution in [2.24, 2.45) is 7.05 Å². The standard InChI is InChI=1S/C17H20BrN7/c1-11-12(2)16-19-14(22-25(16)10-13(11)18)6-7-15-20-17(23(3)21-15)24-8-4-5-9-24/h6-7,10H,4-5,8-9H2,1-3H3/b7-6+. The van der Waals surface area contributed by atoms with Crippen molar-refractivity contribution in [2.45, 2.75) is 26.7 Å². The minimum atomic E-state index is 0.649. The molecule has 0 spiro atoms. The molecule has 1 saturated heterocycles. The van der Waals surface area contributed by atoms with E-state index in [2.05, 4.69) is 54.8 Å². The molecule has 0 unspecified atom stereocenters. The molecule has 4 heterocycles. The lowest BCUT2D eigenvalue weighted by Crippen LogP contribution is -2.21. The van der Waals surface area contributed by atoms with Gasteiger partial charge in [-0.25, -0.2) is 14.2 Å². The molecule has 1 aliphatic heterocycles. The second-order valence-corrected chi connectivity index (χ2v) is 7.24. The number of hydrogen-bond acceptors (Lipinski definition) is 5. The van der Waals surface area contributed by atoms with E-state index < -0.39 is 0 Å². The highest BCUT2D eigenvalue weighted by Crippen LogP contribution is 2.22. The first-order chi connectivity index (χ1) is 12.0. The van der Waals surface area contributed by atoms with Crippen LogP contribution in [0.25, 0.3) is 17.8 Å². The number of aryl methyl sites for hydroxylation is 2. The highest BCUT2D eigenvalue weighted by molar-refractivity contribution is 9.10. The number of hydrogen-bond donors (Lipinski definition) is 0. The van der Waals surface area contributed by atoms with Gasteiger partial charge in [-0.05, 0) is 65.9 Å². The molecule has 8 heteroatoms. The highest BCUT2D eigenvalue weighted by Gasteiger charge is 2.18. The molecule has 0 radical (unpaired) electrons. The normalized spacial score (nSPS) is 15.1. The number of pyridine rings is 1. The minimum Gasteiger partial charge on any atom is -0.341 e. The van der Waals surface area contributed by atoms with Crippen molar-refractivity contribution < 1.29 is 0 Å². The zero-order valence-corrected chi connectivity index (χ0v) is 16.2. The molecule has 0 bridgehead atoms. The largest absolute Gasteiger partial charge is 0.341 e. The van der Waals surface area contributed by atoms with E-state index in [9.17, 15) is 0 Å². The Morgan fingerprint density at radius 1 is 1.00 bits per heavy atom. The predicted molar refractivity (Wildman–Crippen MR) is 102 cm³/mol. The van der Waals surface area contributed by atoms with Gasteiger partial charge in [0.1, 0.15) is 0 Å². The molecule has 0 atom stereocenters. The van der Waals surface area contributed by atoms with Crippen molar-refractivity contribution in [1.29, 1.82) is 0 Å². The molecule has 0 saturated carbocycles. The molecule has 0 amide bonds. The SMILES string of the molecule is Cc1c(Br)cn2nc(/C=C/c3nc(N4CCCC4)n(C)n3)nc2c1C. The molecule has 1 aliphatic rings. The lowest BCUT2D eigenvalue weighted by atomic mass is 10.2. The second-order valence-electron chi connectivity index (χ2n) is 6.39. The number of rotatable bonds is 3. The molecule has 130 valence electrons. The summed E-state index contributed by atoms with van der Waals surface area (Å²) >= 11 is 3.56. The van der Waals surface area contributed by atoms with Gasteiger partial charge in [-0.3, -0.25) is 0 Å². The lowest BCUT2D eigenvalue weighted by Gasteiger charge is -2.14. The Kier molecular flexibility index (Phi) is 4.07. The summed E-state index contributed by atoms with van der Waals surface area (Å²) in [7, 11) is 1.94. The highest BCUT2D eigenvalue weighted by atomic mass is 79.9. The molecular formula is C17H20BrN7. The van der Waals surface area contributed by atoms with Gasteiger partial charge in [-0.1, -0.05) is 0 Å². The fourth-order valence-corrected chi connectivity index (χ4v) is 3.61. The van der Waals surface area contributed by atoms with Gasteiger partial charge in [-0.2, -0.15) is 10.1 Å². The molecule has 0 N–H and O–H groups in total. The van der Waals surface area contributed by atoms with Crippen molar-refractivity contribution in [1.82, 2.24) is 29.4 Å². The topological polar surface area (TPSA) is 64.1 Å². The van der Waals surface area contributed by atoms with Gasteiger partial charge in [0, 0.05) is 30.8 Å². The number of aromatic nitrogens is 6. The van der Waals surface area contributed by atoms with Crippen LogP contribution in [0.1, 0.15) is 35.6 Å². The summed E-state index contributed by atoms with van der Waals surface area (Å²) in [6.45, 7) is 6.23. The van der Waals surface area contributed by atoms with Gasteiger partial charge >= 0.3 is 0 Å². The molecular weight excluding hydrogens is 382 g/mol. The molecule has 7 nitrogen and oxygen atoms in total. The van der Waals surface area contributed by atoms with Crippen molar-refractivity contribution in [2.75, 3.05) is 18.0 Å². The molecule has 4 rings (SSSR count). The van der Waals surface area contributed by atoms with Crippen LogP contribution in [0.2, 0.25) is 0 Å². The summed E-state index contributed by atoms with van der Waals surface area (Å²) in [6, 6.07) is 0. The fourth-order valence-electron chi connectivity index (χ4n) is 3.11. The molecule has 3 aromatic rings. The maximum atomic E-state index is 4.63. The monoisotopic (exact) mass is 401 g/mol. The Morgan fingerprint density at radius 2 is 1.68 bits per heavy atom. The average molecular weight is 402 g/mol. The quantitative estimate of drug-likeness (QED) is 0.674. The average Bonchev–Trinajstić information content (AvgIpc) is 3.30. The Balaban J connectivity index is 1.63. The van der Waals surface area contributed by atoms with Gasteiger partial charge < -0.3 is 4.90 Å². The van der Waals surface area contributed by atoms with E-state index in [1.54, 1.807) is 4.52 Å². The molecule has 3 aromatic heterocycles. The van der Waals surface area contributed by atoms with Crippen molar-refractivity contribution in [3.63, 3.8) is 0 Å². The van der Waals surface area contributed by atoms with Gasteiger partial charge in [0.15, 0.2) is 17.3 Å². The summed E-state index contributed by atoms with van der Waals surface area (Å²) in [4.78, 5) is 11.5. The summed E-state index contributed by atoms with van der Waals surface area (Å²) in [6.07, 6.45) is 8.10. The molecule has 0 aliphatic carbocycles. The predicted octanol–water partition coefficient (Wildman–Crippen LogP) is 3.01. The number of anilines is 1. The van der Waals surface area contributed by atoms with Crippen LogP contribution in [0.3, 0.4) is 0 Å². The molecule has 1 fully saturated rings. The van der Waals surface area contributed by atoms with Crippen LogP contribution in [-0.2, 0) is 7.05 Å². The van der Waals surface area contributed by atoms with Crippen LogP contribution in [-0.4, -0.2) is 42.5 Å². The van der Waals surface area contributed by atoms with Crippen LogP contribution in [0, 0.1) is 13.8 Å². The van der Waals surface area contributed by atoms with E-state index in [4.69, 9.17) is 0 Å². The summed E-state index contributed by atoms with van der Waals surface area (Å²) < 4.78 is 4.67. The van der Waals surface area contributed by atoms with E-state index in [0.29, 0.717) is 11.6 Å². The van der Waals surface area contributed by atoms with Gasteiger partial charge in [0.25, 0.3) is 0 Å². The number of nitrogens with zero attached hydrogens (tertiary/aromatic N) is 7. The van der Waals surface area contributed by atoms with Crippen LogP contribution >= 0.6 is 15.9 Å². The smallest absolute Gasteiger partial charge is 0.224 e. The first-order valence-electron chi connectivity index (χ1n) is 8.39. The van der Waals surface area contributed by atoms with Gasteiger partial charge in [0.05, 0.1) is 0 Å². The van der Waals surface area contributed by atoms with Gasteiger partial charge in [-0.15, -0.1) is 5.10 Å².